The molecule has 2 rings (SSSR count). The number of carboxylic acid groups (broad SMARTS) is 1. The van der Waals surface area contributed by atoms with Crippen LogP contribution in [-0.4, -0.2) is 30.1 Å². The van der Waals surface area contributed by atoms with Crippen LogP contribution in [0.15, 0.2) is 18.2 Å². The number of hydrogen-bond acceptors (Lipinski definition) is 3. The number of carbonyl (C=O) groups is 2. The molecule has 1 aromatic carbocycles. The first-order valence-corrected chi connectivity index (χ1v) is 5.12. The number of carbonyl (C=O) groups excluding carboxylic acids is 1. The summed E-state index contributed by atoms with van der Waals surface area (Å²) in [7, 11) is 0. The van der Waals surface area contributed by atoms with E-state index in [2.05, 4.69) is 5.32 Å². The molecule has 90 valence electrons. The highest BCUT2D eigenvalue weighted by atomic mass is 19.1. The van der Waals surface area contributed by atoms with Gasteiger partial charge in [0.25, 0.3) is 0 Å². The highest BCUT2D eigenvalue weighted by Crippen LogP contribution is 2.29. The van der Waals surface area contributed by atoms with Crippen molar-refractivity contribution in [1.82, 2.24) is 0 Å². The van der Waals surface area contributed by atoms with Gasteiger partial charge in [-0.05, 0) is 18.2 Å². The van der Waals surface area contributed by atoms with Gasteiger partial charge in [-0.15, -0.1) is 0 Å². The Morgan fingerprint density at radius 2 is 2.29 bits per heavy atom. The van der Waals surface area contributed by atoms with Crippen LogP contribution in [-0.2, 0) is 9.59 Å². The number of amides is 1. The van der Waals surface area contributed by atoms with E-state index in [0.29, 0.717) is 11.4 Å². The second-order valence-corrected chi connectivity index (χ2v) is 3.77. The minimum atomic E-state index is -0.931. The lowest BCUT2D eigenvalue weighted by atomic mass is 10.2. The van der Waals surface area contributed by atoms with Crippen LogP contribution in [0.25, 0.3) is 0 Å². The third kappa shape index (κ3) is 2.52. The molecule has 1 aliphatic heterocycles. The van der Waals surface area contributed by atoms with Gasteiger partial charge in [-0.2, -0.15) is 0 Å². The number of nitrogens with zero attached hydrogens (tertiary/aromatic N) is 1. The zero-order valence-corrected chi connectivity index (χ0v) is 8.94. The molecule has 5 nitrogen and oxygen atoms in total. The van der Waals surface area contributed by atoms with E-state index in [1.54, 1.807) is 4.90 Å². The fourth-order valence-corrected chi connectivity index (χ4v) is 1.76. The Balaban J connectivity index is 2.24. The largest absolute Gasteiger partial charge is 0.481 e. The number of halogens is 1. The van der Waals surface area contributed by atoms with Crippen molar-refractivity contribution < 1.29 is 19.1 Å². The van der Waals surface area contributed by atoms with E-state index >= 15 is 0 Å². The van der Waals surface area contributed by atoms with Crippen LogP contribution >= 0.6 is 0 Å². The zero-order valence-electron chi connectivity index (χ0n) is 8.94. The van der Waals surface area contributed by atoms with Crippen LogP contribution in [0, 0.1) is 5.82 Å². The third-order valence-corrected chi connectivity index (χ3v) is 2.50. The molecule has 0 bridgehead atoms. The molecule has 0 spiro atoms. The molecule has 1 aliphatic rings. The average Bonchev–Trinajstić information content (AvgIpc) is 2.24. The van der Waals surface area contributed by atoms with Crippen molar-refractivity contribution in [1.29, 1.82) is 0 Å². The number of benzene rings is 1. The Morgan fingerprint density at radius 1 is 1.53 bits per heavy atom. The van der Waals surface area contributed by atoms with Gasteiger partial charge in [-0.25, -0.2) is 4.39 Å². The van der Waals surface area contributed by atoms with Gasteiger partial charge in [0.1, 0.15) is 5.82 Å². The normalized spacial score (nSPS) is 14.2. The Labute approximate surface area is 96.8 Å². The molecule has 0 unspecified atom stereocenters. The highest BCUT2D eigenvalue weighted by Gasteiger charge is 2.22. The minimum absolute atomic E-state index is 0.0654. The summed E-state index contributed by atoms with van der Waals surface area (Å²) in [4.78, 5) is 23.5. The molecule has 0 atom stereocenters. The molecular weight excluding hydrogens is 227 g/mol. The predicted molar refractivity (Wildman–Crippen MR) is 59.5 cm³/mol. The number of aliphatic carboxylic acids is 1. The molecule has 0 aromatic heterocycles. The van der Waals surface area contributed by atoms with Crippen molar-refractivity contribution in [2.45, 2.75) is 6.42 Å². The molecule has 0 radical (unpaired) electrons. The van der Waals surface area contributed by atoms with Gasteiger partial charge in [0, 0.05) is 6.54 Å². The highest BCUT2D eigenvalue weighted by molar-refractivity contribution is 6.01. The number of nitrogens with one attached hydrogen (secondary N) is 1. The minimum Gasteiger partial charge on any atom is -0.481 e. The second kappa shape index (κ2) is 4.40. The maximum Gasteiger partial charge on any atom is 0.305 e. The van der Waals surface area contributed by atoms with E-state index in [1.807, 2.05) is 0 Å². The average molecular weight is 238 g/mol. The summed E-state index contributed by atoms with van der Waals surface area (Å²) < 4.78 is 13.0. The van der Waals surface area contributed by atoms with Crippen LogP contribution < -0.4 is 10.2 Å². The molecular formula is C11H11FN2O3. The molecule has 1 aromatic rings. The van der Waals surface area contributed by atoms with E-state index < -0.39 is 11.8 Å². The van der Waals surface area contributed by atoms with Crippen molar-refractivity contribution in [2.24, 2.45) is 0 Å². The lowest BCUT2D eigenvalue weighted by Crippen LogP contribution is -2.39. The van der Waals surface area contributed by atoms with Gasteiger partial charge in [-0.3, -0.25) is 9.59 Å². The van der Waals surface area contributed by atoms with Crippen molar-refractivity contribution in [3.8, 4) is 0 Å². The van der Waals surface area contributed by atoms with E-state index in [9.17, 15) is 14.0 Å². The van der Waals surface area contributed by atoms with Crippen LogP contribution in [0.4, 0.5) is 15.8 Å². The maximum atomic E-state index is 13.0. The molecule has 0 saturated carbocycles. The molecule has 0 saturated heterocycles. The molecule has 1 amide bonds. The molecule has 6 heteroatoms. The Kier molecular flexibility index (Phi) is 2.95. The molecule has 0 fully saturated rings. The fourth-order valence-electron chi connectivity index (χ4n) is 1.76. The van der Waals surface area contributed by atoms with Gasteiger partial charge in [0.05, 0.1) is 24.3 Å². The van der Waals surface area contributed by atoms with Crippen LogP contribution in [0.1, 0.15) is 6.42 Å². The first-order chi connectivity index (χ1) is 8.06. The number of rotatable bonds is 3. The quantitative estimate of drug-likeness (QED) is 0.826. The first-order valence-electron chi connectivity index (χ1n) is 5.12. The van der Waals surface area contributed by atoms with Gasteiger partial charge < -0.3 is 15.3 Å². The van der Waals surface area contributed by atoms with Gasteiger partial charge in [0.15, 0.2) is 0 Å². The van der Waals surface area contributed by atoms with Crippen molar-refractivity contribution in [3.63, 3.8) is 0 Å². The van der Waals surface area contributed by atoms with Crippen molar-refractivity contribution in [2.75, 3.05) is 23.3 Å². The second-order valence-electron chi connectivity index (χ2n) is 3.77. The summed E-state index contributed by atoms with van der Waals surface area (Å²) in [6.45, 7) is 0.313. The number of hydrogen-bond donors (Lipinski definition) is 2. The van der Waals surface area contributed by atoms with Crippen LogP contribution in [0.5, 0.6) is 0 Å². The smallest absolute Gasteiger partial charge is 0.305 e. The summed E-state index contributed by atoms with van der Waals surface area (Å²) in [6, 6.07) is 4.04. The molecule has 2 N–H and O–H groups in total. The fraction of sp³-hybridized carbons (Fsp3) is 0.273. The summed E-state index contributed by atoms with van der Waals surface area (Å²) >= 11 is 0. The lowest BCUT2D eigenvalue weighted by molar-refractivity contribution is -0.136. The maximum absolute atomic E-state index is 13.0. The first kappa shape index (κ1) is 11.4. The summed E-state index contributed by atoms with van der Waals surface area (Å²) in [5, 5.41) is 11.2. The molecule has 0 aliphatic carbocycles. The summed E-state index contributed by atoms with van der Waals surface area (Å²) in [5.41, 5.74) is 1.03. The zero-order chi connectivity index (χ0) is 12.4. The summed E-state index contributed by atoms with van der Waals surface area (Å²) in [6.07, 6.45) is -0.0654. The topological polar surface area (TPSA) is 69.6 Å². The van der Waals surface area contributed by atoms with Crippen LogP contribution in [0.2, 0.25) is 0 Å². The molecule has 17 heavy (non-hydrogen) atoms. The lowest BCUT2D eigenvalue weighted by Gasteiger charge is -2.30. The van der Waals surface area contributed by atoms with Crippen molar-refractivity contribution >= 4 is 23.3 Å². The van der Waals surface area contributed by atoms with Gasteiger partial charge in [0.2, 0.25) is 5.91 Å². The van der Waals surface area contributed by atoms with E-state index in [0.717, 1.165) is 0 Å². The Hall–Kier alpha value is -2.11. The monoisotopic (exact) mass is 238 g/mol. The van der Waals surface area contributed by atoms with Gasteiger partial charge in [-0.1, -0.05) is 0 Å². The Bertz CT molecular complexity index is 476. The number of anilines is 2. The Morgan fingerprint density at radius 3 is 3.00 bits per heavy atom. The van der Waals surface area contributed by atoms with Gasteiger partial charge >= 0.3 is 5.97 Å². The summed E-state index contributed by atoms with van der Waals surface area (Å²) in [5.74, 6) is -1.64. The molecule has 1 heterocycles. The standard InChI is InChI=1S/C11H11FN2O3/c12-7-1-2-9-8(5-7)13-10(15)6-14(9)4-3-11(16)17/h1-2,5H,3-4,6H2,(H,13,15)(H,16,17). The van der Waals surface area contributed by atoms with E-state index in [4.69, 9.17) is 5.11 Å². The predicted octanol–water partition coefficient (Wildman–Crippen LogP) is 1.06. The van der Waals surface area contributed by atoms with E-state index in [-0.39, 0.29) is 25.4 Å². The van der Waals surface area contributed by atoms with Crippen molar-refractivity contribution in [3.05, 3.63) is 24.0 Å². The number of carboxylic acids is 1. The SMILES string of the molecule is O=C(O)CCN1CC(=O)Nc2cc(F)ccc21. The van der Waals surface area contributed by atoms with E-state index in [1.165, 1.54) is 18.2 Å². The number of fused-ring (bicyclic) bond motifs is 1. The third-order valence-electron chi connectivity index (χ3n) is 2.50. The van der Waals surface area contributed by atoms with Crippen LogP contribution in [0.3, 0.4) is 0 Å².